The zero-order chi connectivity index (χ0) is 14.5. The van der Waals surface area contributed by atoms with Crippen LogP contribution in [0.25, 0.3) is 0 Å². The zero-order valence-corrected chi connectivity index (χ0v) is 12.2. The third-order valence-corrected chi connectivity index (χ3v) is 3.28. The van der Waals surface area contributed by atoms with E-state index in [1.807, 2.05) is 31.2 Å². The number of hydrogen-bond acceptors (Lipinski definition) is 2. The van der Waals surface area contributed by atoms with Crippen molar-refractivity contribution in [3.8, 4) is 5.75 Å². The Hall–Kier alpha value is -1.74. The second-order valence-electron chi connectivity index (χ2n) is 4.72. The summed E-state index contributed by atoms with van der Waals surface area (Å²) in [5.41, 5.74) is 1.60. The van der Waals surface area contributed by atoms with E-state index in [0.29, 0.717) is 16.5 Å². The van der Waals surface area contributed by atoms with E-state index >= 15 is 0 Å². The molecule has 0 fully saturated rings. The van der Waals surface area contributed by atoms with Crippen LogP contribution in [0.4, 0.5) is 10.1 Å². The van der Waals surface area contributed by atoms with Gasteiger partial charge in [0.05, 0.1) is 12.8 Å². The molecule has 0 amide bonds. The first kappa shape index (κ1) is 14.7. The summed E-state index contributed by atoms with van der Waals surface area (Å²) in [6, 6.07) is 12.4. The number of methoxy groups -OCH3 is 1. The fourth-order valence-corrected chi connectivity index (χ4v) is 2.16. The van der Waals surface area contributed by atoms with Gasteiger partial charge < -0.3 is 10.1 Å². The minimum atomic E-state index is -0.284. The highest BCUT2D eigenvalue weighted by Gasteiger charge is 2.08. The number of hydrogen-bond donors (Lipinski definition) is 1. The van der Waals surface area contributed by atoms with Gasteiger partial charge in [0, 0.05) is 17.1 Å². The molecule has 0 aliphatic heterocycles. The summed E-state index contributed by atoms with van der Waals surface area (Å²) in [7, 11) is 1.56. The van der Waals surface area contributed by atoms with Crippen molar-refractivity contribution in [2.24, 2.45) is 0 Å². The van der Waals surface area contributed by atoms with Crippen LogP contribution < -0.4 is 10.1 Å². The summed E-state index contributed by atoms with van der Waals surface area (Å²) in [5, 5.41) is 3.88. The van der Waals surface area contributed by atoms with Crippen LogP contribution in [0.3, 0.4) is 0 Å². The highest BCUT2D eigenvalue weighted by molar-refractivity contribution is 6.30. The van der Waals surface area contributed by atoms with Gasteiger partial charge >= 0.3 is 0 Å². The van der Waals surface area contributed by atoms with E-state index < -0.39 is 0 Å². The molecule has 0 spiro atoms. The van der Waals surface area contributed by atoms with E-state index in [4.69, 9.17) is 16.3 Å². The molecule has 0 heterocycles. The van der Waals surface area contributed by atoms with Gasteiger partial charge in [-0.3, -0.25) is 0 Å². The average Bonchev–Trinajstić information content (AvgIpc) is 2.44. The number of halogens is 2. The van der Waals surface area contributed by atoms with Crippen LogP contribution in [0, 0.1) is 5.82 Å². The Labute approximate surface area is 123 Å². The second-order valence-corrected chi connectivity index (χ2v) is 5.16. The highest BCUT2D eigenvalue weighted by atomic mass is 35.5. The molecular formula is C16H17ClFNO. The van der Waals surface area contributed by atoms with Crippen LogP contribution in [0.5, 0.6) is 5.75 Å². The second kappa shape index (κ2) is 6.62. The standard InChI is InChI=1S/C16H17ClFNO/c1-11(9-12-3-5-13(17)6-4-12)19-16-10-14(20-2)7-8-15(16)18/h3-8,10-11,19H,9H2,1-2H3. The van der Waals surface area contributed by atoms with Crippen LogP contribution in [0.1, 0.15) is 12.5 Å². The predicted octanol–water partition coefficient (Wildman–Crippen LogP) is 4.53. The van der Waals surface area contributed by atoms with Crippen LogP contribution in [0.2, 0.25) is 5.02 Å². The molecular weight excluding hydrogens is 277 g/mol. The van der Waals surface area contributed by atoms with E-state index in [9.17, 15) is 4.39 Å². The summed E-state index contributed by atoms with van der Waals surface area (Å²) in [5.74, 6) is 0.348. The van der Waals surface area contributed by atoms with Gasteiger partial charge in [0.25, 0.3) is 0 Å². The van der Waals surface area contributed by atoms with Crippen LogP contribution in [-0.2, 0) is 6.42 Å². The number of benzene rings is 2. The van der Waals surface area contributed by atoms with Gasteiger partial charge in [-0.25, -0.2) is 4.39 Å². The maximum absolute atomic E-state index is 13.7. The largest absolute Gasteiger partial charge is 0.497 e. The topological polar surface area (TPSA) is 21.3 Å². The molecule has 2 nitrogen and oxygen atoms in total. The first-order chi connectivity index (χ1) is 9.58. The van der Waals surface area contributed by atoms with Crippen molar-refractivity contribution in [3.05, 3.63) is 58.9 Å². The molecule has 0 radical (unpaired) electrons. The molecule has 2 aromatic carbocycles. The minimum absolute atomic E-state index is 0.0952. The molecule has 0 aliphatic rings. The normalized spacial score (nSPS) is 12.0. The van der Waals surface area contributed by atoms with E-state index in [2.05, 4.69) is 5.32 Å². The third kappa shape index (κ3) is 3.87. The molecule has 0 saturated carbocycles. The maximum Gasteiger partial charge on any atom is 0.146 e. The molecule has 1 atom stereocenters. The van der Waals surface area contributed by atoms with Crippen molar-refractivity contribution < 1.29 is 9.13 Å². The van der Waals surface area contributed by atoms with Crippen molar-refractivity contribution in [3.63, 3.8) is 0 Å². The van der Waals surface area contributed by atoms with Crippen molar-refractivity contribution in [1.82, 2.24) is 0 Å². The summed E-state index contributed by atoms with van der Waals surface area (Å²) >= 11 is 5.85. The summed E-state index contributed by atoms with van der Waals surface area (Å²) in [6.07, 6.45) is 0.786. The Balaban J connectivity index is 2.04. The highest BCUT2D eigenvalue weighted by Crippen LogP contribution is 2.22. The summed E-state index contributed by atoms with van der Waals surface area (Å²) in [6.45, 7) is 2.01. The first-order valence-corrected chi connectivity index (χ1v) is 6.81. The van der Waals surface area contributed by atoms with Gasteiger partial charge in [-0.05, 0) is 43.2 Å². The Kier molecular flexibility index (Phi) is 4.85. The number of rotatable bonds is 5. The average molecular weight is 294 g/mol. The van der Waals surface area contributed by atoms with Crippen molar-refractivity contribution in [2.75, 3.05) is 12.4 Å². The van der Waals surface area contributed by atoms with Crippen LogP contribution in [0.15, 0.2) is 42.5 Å². The fraction of sp³-hybridized carbons (Fsp3) is 0.250. The Morgan fingerprint density at radius 3 is 2.55 bits per heavy atom. The smallest absolute Gasteiger partial charge is 0.146 e. The van der Waals surface area contributed by atoms with Crippen LogP contribution >= 0.6 is 11.6 Å². The molecule has 1 unspecified atom stereocenters. The predicted molar refractivity (Wildman–Crippen MR) is 81.2 cm³/mol. The fourth-order valence-electron chi connectivity index (χ4n) is 2.03. The van der Waals surface area contributed by atoms with E-state index in [-0.39, 0.29) is 11.9 Å². The van der Waals surface area contributed by atoms with Crippen molar-refractivity contribution in [1.29, 1.82) is 0 Å². The molecule has 0 saturated heterocycles. The van der Waals surface area contributed by atoms with Gasteiger partial charge in [0.1, 0.15) is 11.6 Å². The van der Waals surface area contributed by atoms with Crippen LogP contribution in [-0.4, -0.2) is 13.2 Å². The van der Waals surface area contributed by atoms with Crippen molar-refractivity contribution >= 4 is 17.3 Å². The lowest BCUT2D eigenvalue weighted by atomic mass is 10.1. The van der Waals surface area contributed by atoms with E-state index in [1.165, 1.54) is 6.07 Å². The number of anilines is 1. The molecule has 20 heavy (non-hydrogen) atoms. The molecule has 0 bridgehead atoms. The molecule has 2 aromatic rings. The van der Waals surface area contributed by atoms with Gasteiger partial charge in [-0.15, -0.1) is 0 Å². The lowest BCUT2D eigenvalue weighted by Crippen LogP contribution is -2.18. The van der Waals surface area contributed by atoms with Gasteiger partial charge in [0.2, 0.25) is 0 Å². The zero-order valence-electron chi connectivity index (χ0n) is 11.5. The minimum Gasteiger partial charge on any atom is -0.497 e. The van der Waals surface area contributed by atoms with Gasteiger partial charge in [-0.1, -0.05) is 23.7 Å². The molecule has 106 valence electrons. The van der Waals surface area contributed by atoms with Crippen molar-refractivity contribution in [2.45, 2.75) is 19.4 Å². The number of ether oxygens (including phenoxy) is 1. The SMILES string of the molecule is COc1ccc(F)c(NC(C)Cc2ccc(Cl)cc2)c1. The molecule has 2 rings (SSSR count). The van der Waals surface area contributed by atoms with E-state index in [0.717, 1.165) is 12.0 Å². The van der Waals surface area contributed by atoms with E-state index in [1.54, 1.807) is 19.2 Å². The monoisotopic (exact) mass is 293 g/mol. The van der Waals surface area contributed by atoms with Gasteiger partial charge in [-0.2, -0.15) is 0 Å². The Bertz CT molecular complexity index is 571. The maximum atomic E-state index is 13.7. The summed E-state index contributed by atoms with van der Waals surface area (Å²) in [4.78, 5) is 0. The quantitative estimate of drug-likeness (QED) is 0.874. The molecule has 4 heteroatoms. The Morgan fingerprint density at radius 2 is 1.90 bits per heavy atom. The lowest BCUT2D eigenvalue weighted by Gasteiger charge is -2.16. The Morgan fingerprint density at radius 1 is 1.20 bits per heavy atom. The third-order valence-electron chi connectivity index (χ3n) is 3.03. The summed E-state index contributed by atoms with van der Waals surface area (Å²) < 4.78 is 18.8. The number of nitrogens with one attached hydrogen (secondary N) is 1. The first-order valence-electron chi connectivity index (χ1n) is 6.43. The molecule has 0 aliphatic carbocycles. The lowest BCUT2D eigenvalue weighted by molar-refractivity contribution is 0.414. The molecule has 1 N–H and O–H groups in total. The molecule has 0 aromatic heterocycles. The van der Waals surface area contributed by atoms with Gasteiger partial charge in [0.15, 0.2) is 0 Å².